The van der Waals surface area contributed by atoms with E-state index in [4.69, 9.17) is 0 Å². The Balaban J connectivity index is 2.85. The van der Waals surface area contributed by atoms with Crippen LogP contribution in [0.2, 0.25) is 0 Å². The lowest BCUT2D eigenvalue weighted by molar-refractivity contribution is 0.748. The summed E-state index contributed by atoms with van der Waals surface area (Å²) in [6.07, 6.45) is 2.63. The molecule has 0 saturated carbocycles. The van der Waals surface area contributed by atoms with Crippen LogP contribution in [0.3, 0.4) is 0 Å². The van der Waals surface area contributed by atoms with Crippen molar-refractivity contribution in [1.82, 2.24) is 9.97 Å². The molecule has 0 aromatic carbocycles. The molecule has 90 valence electrons. The molecule has 0 spiro atoms. The van der Waals surface area contributed by atoms with Gasteiger partial charge in [-0.05, 0) is 19.3 Å². The van der Waals surface area contributed by atoms with Crippen LogP contribution in [0, 0.1) is 5.92 Å². The van der Waals surface area contributed by atoms with Gasteiger partial charge in [0.1, 0.15) is 17.2 Å². The van der Waals surface area contributed by atoms with E-state index in [0.717, 1.165) is 29.6 Å². The molecule has 0 bridgehead atoms. The zero-order chi connectivity index (χ0) is 12.0. The van der Waals surface area contributed by atoms with Crippen molar-refractivity contribution in [2.24, 2.45) is 5.92 Å². The first-order valence-corrected chi connectivity index (χ1v) is 6.88. The second kappa shape index (κ2) is 6.74. The van der Waals surface area contributed by atoms with E-state index in [1.54, 1.807) is 6.33 Å². The van der Waals surface area contributed by atoms with Crippen molar-refractivity contribution in [3.8, 4) is 0 Å². The predicted octanol–water partition coefficient (Wildman–Crippen LogP) is 3.22. The molecule has 0 aliphatic heterocycles. The second-order valence-corrected chi connectivity index (χ2v) is 5.10. The highest BCUT2D eigenvalue weighted by atomic mass is 32.2. The molecule has 1 aromatic heterocycles. The number of thioether (sulfide) groups is 1. The Morgan fingerprint density at radius 2 is 2.06 bits per heavy atom. The number of aromatic nitrogens is 2. The average molecular weight is 239 g/mol. The summed E-state index contributed by atoms with van der Waals surface area (Å²) in [5.74, 6) is 2.79. The number of anilines is 1. The van der Waals surface area contributed by atoms with Gasteiger partial charge in [0.05, 0.1) is 0 Å². The van der Waals surface area contributed by atoms with Gasteiger partial charge in [-0.15, -0.1) is 11.8 Å². The normalized spacial score (nSPS) is 10.8. The Labute approximate surface area is 102 Å². The first kappa shape index (κ1) is 13.3. The minimum atomic E-state index is 0.687. The lowest BCUT2D eigenvalue weighted by atomic mass is 10.2. The lowest BCUT2D eigenvalue weighted by Crippen LogP contribution is -2.06. The number of hydrogen-bond acceptors (Lipinski definition) is 4. The van der Waals surface area contributed by atoms with Gasteiger partial charge in [0.25, 0.3) is 0 Å². The molecule has 0 saturated heterocycles. The summed E-state index contributed by atoms with van der Waals surface area (Å²) in [6.45, 7) is 9.59. The molecule has 4 heteroatoms. The molecule has 1 rings (SSSR count). The first-order valence-electron chi connectivity index (χ1n) is 5.89. The van der Waals surface area contributed by atoms with Crippen LogP contribution in [0.25, 0.3) is 0 Å². The Morgan fingerprint density at radius 3 is 2.62 bits per heavy atom. The van der Waals surface area contributed by atoms with Crippen molar-refractivity contribution >= 4 is 17.6 Å². The van der Waals surface area contributed by atoms with Crippen LogP contribution in [0.5, 0.6) is 0 Å². The van der Waals surface area contributed by atoms with Crippen molar-refractivity contribution in [1.29, 1.82) is 0 Å². The maximum absolute atomic E-state index is 4.38. The van der Waals surface area contributed by atoms with Crippen LogP contribution in [0.4, 0.5) is 5.82 Å². The van der Waals surface area contributed by atoms with E-state index in [2.05, 4.69) is 43.0 Å². The summed E-state index contributed by atoms with van der Waals surface area (Å²) in [5, 5.41) is 4.42. The van der Waals surface area contributed by atoms with E-state index in [0.29, 0.717) is 5.92 Å². The van der Waals surface area contributed by atoms with Gasteiger partial charge in [0.2, 0.25) is 0 Å². The van der Waals surface area contributed by atoms with Crippen LogP contribution in [-0.2, 0) is 6.42 Å². The highest BCUT2D eigenvalue weighted by Crippen LogP contribution is 2.26. The number of rotatable bonds is 6. The third-order valence-electron chi connectivity index (χ3n) is 2.16. The first-order chi connectivity index (χ1) is 7.69. The Hall–Kier alpha value is -0.770. The maximum Gasteiger partial charge on any atom is 0.133 e. The molecule has 0 radical (unpaired) electrons. The largest absolute Gasteiger partial charge is 0.370 e. The fourth-order valence-electron chi connectivity index (χ4n) is 1.40. The van der Waals surface area contributed by atoms with Crippen LogP contribution in [0.15, 0.2) is 11.4 Å². The van der Waals surface area contributed by atoms with E-state index < -0.39 is 0 Å². The molecule has 0 atom stereocenters. The monoisotopic (exact) mass is 239 g/mol. The van der Waals surface area contributed by atoms with Crippen LogP contribution in [0.1, 0.15) is 33.3 Å². The average Bonchev–Trinajstić information content (AvgIpc) is 2.27. The van der Waals surface area contributed by atoms with Crippen LogP contribution >= 0.6 is 11.8 Å². The fourth-order valence-corrected chi connectivity index (χ4v) is 2.43. The molecule has 3 nitrogen and oxygen atoms in total. The summed E-state index contributed by atoms with van der Waals surface area (Å²) in [7, 11) is 0. The molecule has 0 aliphatic rings. The summed E-state index contributed by atoms with van der Waals surface area (Å²) >= 11 is 1.83. The zero-order valence-corrected chi connectivity index (χ0v) is 11.4. The van der Waals surface area contributed by atoms with Gasteiger partial charge >= 0.3 is 0 Å². The number of nitrogens with one attached hydrogen (secondary N) is 1. The van der Waals surface area contributed by atoms with Crippen molar-refractivity contribution < 1.29 is 0 Å². The summed E-state index contributed by atoms with van der Waals surface area (Å²) < 4.78 is 0. The molecule has 1 heterocycles. The van der Waals surface area contributed by atoms with Gasteiger partial charge in [0.15, 0.2) is 0 Å². The van der Waals surface area contributed by atoms with Crippen molar-refractivity contribution in [3.05, 3.63) is 11.9 Å². The minimum Gasteiger partial charge on any atom is -0.370 e. The van der Waals surface area contributed by atoms with Crippen molar-refractivity contribution in [2.75, 3.05) is 17.6 Å². The maximum atomic E-state index is 4.38. The zero-order valence-electron chi connectivity index (χ0n) is 10.6. The van der Waals surface area contributed by atoms with E-state index >= 15 is 0 Å². The lowest BCUT2D eigenvalue weighted by Gasteiger charge is -2.12. The summed E-state index contributed by atoms with van der Waals surface area (Å²) in [4.78, 5) is 8.67. The molecular formula is C12H21N3S. The molecule has 0 amide bonds. The Kier molecular flexibility index (Phi) is 5.60. The molecule has 1 N–H and O–H groups in total. The highest BCUT2D eigenvalue weighted by molar-refractivity contribution is 7.99. The van der Waals surface area contributed by atoms with Crippen LogP contribution in [-0.4, -0.2) is 22.3 Å². The molecule has 0 fully saturated rings. The second-order valence-electron chi connectivity index (χ2n) is 4.09. The van der Waals surface area contributed by atoms with E-state index in [-0.39, 0.29) is 0 Å². The fraction of sp³-hybridized carbons (Fsp3) is 0.667. The standard InChI is InChI=1S/C12H21N3S/c1-5-10-11(13-6-2)14-8-15-12(10)16-7-9(3)4/h8-9H,5-7H2,1-4H3,(H,13,14,15). The topological polar surface area (TPSA) is 37.8 Å². The Bertz CT molecular complexity index is 326. The van der Waals surface area contributed by atoms with Gasteiger partial charge in [0, 0.05) is 17.9 Å². The number of hydrogen-bond donors (Lipinski definition) is 1. The molecule has 1 aromatic rings. The van der Waals surface area contributed by atoms with E-state index in [1.807, 2.05) is 11.8 Å². The van der Waals surface area contributed by atoms with E-state index in [9.17, 15) is 0 Å². The van der Waals surface area contributed by atoms with Gasteiger partial charge < -0.3 is 5.32 Å². The third kappa shape index (κ3) is 3.67. The van der Waals surface area contributed by atoms with E-state index in [1.165, 1.54) is 5.56 Å². The molecular weight excluding hydrogens is 218 g/mol. The highest BCUT2D eigenvalue weighted by Gasteiger charge is 2.09. The summed E-state index contributed by atoms with van der Waals surface area (Å²) in [5.41, 5.74) is 1.25. The molecule has 16 heavy (non-hydrogen) atoms. The third-order valence-corrected chi connectivity index (χ3v) is 3.62. The SMILES string of the molecule is CCNc1ncnc(SCC(C)C)c1CC. The van der Waals surface area contributed by atoms with Gasteiger partial charge in [-0.3, -0.25) is 0 Å². The van der Waals surface area contributed by atoms with Gasteiger partial charge in [-0.2, -0.15) is 0 Å². The van der Waals surface area contributed by atoms with Gasteiger partial charge in [-0.1, -0.05) is 20.8 Å². The van der Waals surface area contributed by atoms with Crippen molar-refractivity contribution in [3.63, 3.8) is 0 Å². The quantitative estimate of drug-likeness (QED) is 0.611. The van der Waals surface area contributed by atoms with Crippen LogP contribution < -0.4 is 5.32 Å². The summed E-state index contributed by atoms with van der Waals surface area (Å²) in [6, 6.07) is 0. The predicted molar refractivity (Wildman–Crippen MR) is 71.1 cm³/mol. The van der Waals surface area contributed by atoms with Gasteiger partial charge in [-0.25, -0.2) is 9.97 Å². The number of nitrogens with zero attached hydrogens (tertiary/aromatic N) is 2. The minimum absolute atomic E-state index is 0.687. The smallest absolute Gasteiger partial charge is 0.133 e. The Morgan fingerprint density at radius 1 is 1.31 bits per heavy atom. The van der Waals surface area contributed by atoms with Crippen molar-refractivity contribution in [2.45, 2.75) is 39.1 Å². The molecule has 0 aliphatic carbocycles. The molecule has 0 unspecified atom stereocenters.